The third-order valence-electron chi connectivity index (χ3n) is 18.2. The van der Waals surface area contributed by atoms with Crippen molar-refractivity contribution >= 4 is 17.9 Å². The maximum atomic E-state index is 13.0. The second kappa shape index (κ2) is 79.4. The summed E-state index contributed by atoms with van der Waals surface area (Å²) in [6, 6.07) is 0. The number of unbranched alkanes of at least 4 members (excludes halogenated alkanes) is 42. The summed E-state index contributed by atoms with van der Waals surface area (Å²) in [4.78, 5) is 37.6. The van der Waals surface area contributed by atoms with Crippen LogP contribution < -0.4 is 5.11 Å². The first-order valence-corrected chi connectivity index (χ1v) is 41.7. The number of likely N-dealkylation sites (N-methyl/N-ethyl adjacent to an activating group) is 1. The first kappa shape index (κ1) is 94.7. The van der Waals surface area contributed by atoms with E-state index in [-0.39, 0.29) is 38.6 Å². The smallest absolute Gasteiger partial charge is 0.306 e. The number of ether oxygens (including phenoxy) is 4. The summed E-state index contributed by atoms with van der Waals surface area (Å²) in [5.41, 5.74) is 0. The van der Waals surface area contributed by atoms with Gasteiger partial charge in [0.2, 0.25) is 0 Å². The molecule has 0 saturated carbocycles. The quantitative estimate of drug-likeness (QED) is 0.0195. The molecule has 9 nitrogen and oxygen atoms in total. The van der Waals surface area contributed by atoms with Crippen LogP contribution in [0.1, 0.15) is 373 Å². The van der Waals surface area contributed by atoms with E-state index in [1.54, 1.807) is 0 Å². The van der Waals surface area contributed by atoms with Crippen LogP contribution in [0.3, 0.4) is 0 Å². The van der Waals surface area contributed by atoms with Gasteiger partial charge in [0.05, 0.1) is 40.3 Å². The van der Waals surface area contributed by atoms with Gasteiger partial charge in [-0.3, -0.25) is 9.59 Å². The van der Waals surface area contributed by atoms with Crippen LogP contribution in [0.2, 0.25) is 0 Å². The molecule has 2 atom stereocenters. The summed E-state index contributed by atoms with van der Waals surface area (Å²) in [5, 5.41) is 11.9. The van der Waals surface area contributed by atoms with Crippen LogP contribution in [0.4, 0.5) is 0 Å². The number of carboxylic acids is 1. The predicted octanol–water partition coefficient (Wildman–Crippen LogP) is 25.7. The third kappa shape index (κ3) is 80.9. The van der Waals surface area contributed by atoms with Crippen molar-refractivity contribution in [1.82, 2.24) is 0 Å². The summed E-state index contributed by atoms with van der Waals surface area (Å²) < 4.78 is 22.9. The van der Waals surface area contributed by atoms with Gasteiger partial charge >= 0.3 is 11.9 Å². The average molecular weight is 1380 g/mol. The van der Waals surface area contributed by atoms with E-state index in [4.69, 9.17) is 18.9 Å². The summed E-state index contributed by atoms with van der Waals surface area (Å²) in [7, 11) is 5.94. The SMILES string of the molecule is CC/C=C\C/C=C\C/C=C\C/C=C\C/C=C\C/C=C\C/C=C\C/C=C\C/C=C\C/C=C\CCCCCCCCCCC(=O)OC(COC(=O)CCCCCCCCCCCCCCCCCCCCCCCCCCCCCCCCCCCCC)COC(OCC[N+](C)(C)C)C(=O)[O-]. The molecule has 0 bridgehead atoms. The van der Waals surface area contributed by atoms with E-state index in [0.717, 1.165) is 109 Å². The number of quaternary nitrogens is 1. The molecule has 0 aromatic carbocycles. The van der Waals surface area contributed by atoms with Crippen LogP contribution in [-0.4, -0.2) is 82.3 Å². The normalized spacial score (nSPS) is 13.3. The van der Waals surface area contributed by atoms with Crippen LogP contribution in [-0.2, 0) is 33.3 Å². The Morgan fingerprint density at radius 3 is 0.859 bits per heavy atom. The fourth-order valence-corrected chi connectivity index (χ4v) is 11.9. The molecule has 0 saturated heterocycles. The molecule has 0 aromatic heterocycles. The molecule has 0 aromatic rings. The Balaban J connectivity index is 4.06. The molecular weight excluding hydrogens is 1220 g/mol. The molecule has 0 fully saturated rings. The van der Waals surface area contributed by atoms with Crippen molar-refractivity contribution in [3.8, 4) is 0 Å². The molecule has 0 radical (unpaired) electrons. The summed E-state index contributed by atoms with van der Waals surface area (Å²) >= 11 is 0. The predicted molar refractivity (Wildman–Crippen MR) is 426 cm³/mol. The van der Waals surface area contributed by atoms with E-state index >= 15 is 0 Å². The second-order valence-electron chi connectivity index (χ2n) is 29.0. The van der Waals surface area contributed by atoms with Gasteiger partial charge in [-0.1, -0.05) is 392 Å². The molecule has 0 N–H and O–H groups in total. The number of nitrogens with zero attached hydrogens (tertiary/aromatic N) is 1. The fraction of sp³-hybridized carbons (Fsp3) is 0.744. The highest BCUT2D eigenvalue weighted by atomic mass is 16.7. The van der Waals surface area contributed by atoms with E-state index < -0.39 is 24.3 Å². The summed E-state index contributed by atoms with van der Waals surface area (Å²) in [6.45, 7) is 4.67. The maximum Gasteiger partial charge on any atom is 0.306 e. The Bertz CT molecular complexity index is 2050. The molecule has 0 heterocycles. The molecule has 2 unspecified atom stereocenters. The molecule has 0 aliphatic carbocycles. The molecule has 9 heteroatoms. The van der Waals surface area contributed by atoms with Crippen molar-refractivity contribution in [1.29, 1.82) is 0 Å². The third-order valence-corrected chi connectivity index (χ3v) is 18.2. The lowest BCUT2D eigenvalue weighted by Gasteiger charge is -2.26. The number of esters is 2. The Morgan fingerprint density at radius 2 is 0.576 bits per heavy atom. The highest BCUT2D eigenvalue weighted by molar-refractivity contribution is 5.70. The lowest BCUT2D eigenvalue weighted by atomic mass is 10.0. The van der Waals surface area contributed by atoms with Crippen LogP contribution in [0.15, 0.2) is 122 Å². The lowest BCUT2D eigenvalue weighted by molar-refractivity contribution is -0.870. The van der Waals surface area contributed by atoms with Crippen molar-refractivity contribution in [2.45, 2.75) is 386 Å². The van der Waals surface area contributed by atoms with Gasteiger partial charge in [-0.25, -0.2) is 0 Å². The molecule has 0 rings (SSSR count). The van der Waals surface area contributed by atoms with Crippen LogP contribution in [0.25, 0.3) is 0 Å². The van der Waals surface area contributed by atoms with Crippen LogP contribution in [0.5, 0.6) is 0 Å². The zero-order valence-electron chi connectivity index (χ0n) is 65.3. The van der Waals surface area contributed by atoms with Crippen molar-refractivity contribution in [2.24, 2.45) is 0 Å². The Labute approximate surface area is 612 Å². The molecule has 0 aliphatic rings. The highest BCUT2D eigenvalue weighted by Crippen LogP contribution is 2.19. The maximum absolute atomic E-state index is 13.0. The molecule has 570 valence electrons. The largest absolute Gasteiger partial charge is 0.545 e. The topological polar surface area (TPSA) is 111 Å². The second-order valence-corrected chi connectivity index (χ2v) is 29.0. The number of aliphatic carboxylic acids is 1. The number of allylic oxidation sites excluding steroid dienone is 20. The van der Waals surface area contributed by atoms with Gasteiger partial charge in [0.15, 0.2) is 12.4 Å². The minimum Gasteiger partial charge on any atom is -0.545 e. The van der Waals surface area contributed by atoms with E-state index in [1.165, 1.54) is 231 Å². The number of carbonyl (C=O) groups excluding carboxylic acids is 3. The summed E-state index contributed by atoms with van der Waals surface area (Å²) in [5.74, 6) is -2.28. The van der Waals surface area contributed by atoms with Crippen molar-refractivity contribution in [2.75, 3.05) is 47.5 Å². The minimum atomic E-state index is -1.63. The van der Waals surface area contributed by atoms with Crippen molar-refractivity contribution < 1.29 is 42.9 Å². The minimum absolute atomic E-state index is 0.142. The van der Waals surface area contributed by atoms with E-state index in [9.17, 15) is 19.5 Å². The number of hydrogen-bond acceptors (Lipinski definition) is 8. The Kier molecular flexibility index (Phi) is 75.9. The van der Waals surface area contributed by atoms with Crippen LogP contribution in [0, 0.1) is 0 Å². The number of hydrogen-bond donors (Lipinski definition) is 0. The van der Waals surface area contributed by atoms with Crippen molar-refractivity contribution in [3.05, 3.63) is 122 Å². The first-order valence-electron chi connectivity index (χ1n) is 41.7. The van der Waals surface area contributed by atoms with Crippen LogP contribution >= 0.6 is 0 Å². The molecule has 0 amide bonds. The first-order chi connectivity index (χ1) is 48.6. The van der Waals surface area contributed by atoms with Gasteiger partial charge in [0, 0.05) is 12.8 Å². The molecular formula is C90H157NO8. The van der Waals surface area contributed by atoms with Gasteiger partial charge in [-0.05, 0) is 89.9 Å². The van der Waals surface area contributed by atoms with Gasteiger partial charge in [0.25, 0.3) is 0 Å². The van der Waals surface area contributed by atoms with Gasteiger partial charge in [0.1, 0.15) is 13.2 Å². The molecule has 0 aliphatic heterocycles. The molecule has 0 spiro atoms. The van der Waals surface area contributed by atoms with E-state index in [0.29, 0.717) is 17.4 Å². The fourth-order valence-electron chi connectivity index (χ4n) is 11.9. The zero-order chi connectivity index (χ0) is 71.8. The Morgan fingerprint density at radius 1 is 0.313 bits per heavy atom. The highest BCUT2D eigenvalue weighted by Gasteiger charge is 2.22. The summed E-state index contributed by atoms with van der Waals surface area (Å²) in [6.07, 6.45) is 110. The monoisotopic (exact) mass is 1380 g/mol. The van der Waals surface area contributed by atoms with E-state index in [2.05, 4.69) is 135 Å². The number of rotatable bonds is 77. The standard InChI is InChI=1S/C90H157NO8/c1-6-8-10-12-14-16-18-20-22-24-26-28-30-32-34-36-38-40-42-43-44-45-47-49-51-53-55-57-59-61-63-65-67-69-71-73-75-77-79-81-88(93)99-86(85-98-90(89(94)95)96-83-82-91(3,4)5)84-97-87(92)80-78-76-74-72-70-68-66-64-62-60-58-56-54-52-50-48-46-41-39-37-35-33-31-29-27-25-23-21-19-17-15-13-11-9-7-2/h8,10,14,16,20,22,26,28,32,34,38,40,43-44,47,49,53,55,59,61,86,90H,6-7,9,11-13,15,17-19,21,23-25,27,29-31,33,35-37,39,41-42,45-46,48,50-52,54,56-58,60,62-85H2,1-5H3/b10-8-,16-14-,22-20-,28-26-,34-32-,40-38-,44-43-,49-47-,55-53-,61-59-. The number of carboxylic acid groups (broad SMARTS) is 1. The Hall–Kier alpha value is -4.31. The van der Waals surface area contributed by atoms with Gasteiger partial charge < -0.3 is 33.3 Å². The van der Waals surface area contributed by atoms with Crippen molar-refractivity contribution in [3.63, 3.8) is 0 Å². The average Bonchev–Trinajstić information content (AvgIpc) is 1.14. The molecule has 99 heavy (non-hydrogen) atoms. The van der Waals surface area contributed by atoms with E-state index in [1.807, 2.05) is 21.1 Å². The number of carbonyl (C=O) groups is 3. The van der Waals surface area contributed by atoms with Gasteiger partial charge in [-0.2, -0.15) is 0 Å². The zero-order valence-corrected chi connectivity index (χ0v) is 65.3. The lowest BCUT2D eigenvalue weighted by Crippen LogP contribution is -2.44. The van der Waals surface area contributed by atoms with Gasteiger partial charge in [-0.15, -0.1) is 0 Å².